The lowest BCUT2D eigenvalue weighted by Gasteiger charge is -2.24. The van der Waals surface area contributed by atoms with Crippen LogP contribution in [0.2, 0.25) is 0 Å². The van der Waals surface area contributed by atoms with Gasteiger partial charge in [0, 0.05) is 36.5 Å². The normalized spacial score (nSPS) is 13.2. The van der Waals surface area contributed by atoms with Crippen LogP contribution in [-0.2, 0) is 13.1 Å². The highest BCUT2D eigenvalue weighted by Crippen LogP contribution is 2.15. The highest BCUT2D eigenvalue weighted by molar-refractivity contribution is 7.98. The van der Waals surface area contributed by atoms with E-state index in [1.54, 1.807) is 6.07 Å². The predicted octanol–water partition coefficient (Wildman–Crippen LogP) is 3.51. The number of rotatable bonds is 8. The van der Waals surface area contributed by atoms with Crippen molar-refractivity contribution >= 4 is 11.8 Å². The summed E-state index contributed by atoms with van der Waals surface area (Å²) >= 11 is 1.82. The first-order valence-corrected chi connectivity index (χ1v) is 8.53. The maximum absolute atomic E-state index is 13.9. The summed E-state index contributed by atoms with van der Waals surface area (Å²) in [4.78, 5) is 2.20. The van der Waals surface area contributed by atoms with Crippen molar-refractivity contribution in [1.82, 2.24) is 10.2 Å². The van der Waals surface area contributed by atoms with Crippen LogP contribution >= 0.6 is 11.8 Å². The molecule has 0 bridgehead atoms. The third-order valence-corrected chi connectivity index (χ3v) is 4.22. The number of nitrogens with one attached hydrogen (secondary N) is 1. The molecule has 1 rings (SSSR count). The summed E-state index contributed by atoms with van der Waals surface area (Å²) in [5.74, 6) is 0.952. The smallest absolute Gasteiger partial charge is 0.127 e. The molecule has 0 aromatic heterocycles. The third kappa shape index (κ3) is 5.81. The zero-order valence-electron chi connectivity index (χ0n) is 13.2. The standard InChI is InChI=1S/C16H27FN2S/c1-12(2)18-9-14-6-7-16(17)15(8-14)10-19(4)13(3)11-20-5/h6-8,12-13,18H,9-11H2,1-5H3. The molecule has 1 atom stereocenters. The average molecular weight is 298 g/mol. The second-order valence-corrected chi connectivity index (χ2v) is 6.59. The fraction of sp³-hybridized carbons (Fsp3) is 0.625. The van der Waals surface area contributed by atoms with Crippen molar-refractivity contribution in [3.8, 4) is 0 Å². The molecule has 0 heterocycles. The first kappa shape index (κ1) is 17.5. The van der Waals surface area contributed by atoms with Gasteiger partial charge in [-0.2, -0.15) is 11.8 Å². The molecule has 1 unspecified atom stereocenters. The van der Waals surface area contributed by atoms with Crippen molar-refractivity contribution < 1.29 is 4.39 Å². The highest BCUT2D eigenvalue weighted by atomic mass is 32.2. The van der Waals surface area contributed by atoms with Gasteiger partial charge in [0.25, 0.3) is 0 Å². The second-order valence-electron chi connectivity index (χ2n) is 5.68. The van der Waals surface area contributed by atoms with Gasteiger partial charge in [0.05, 0.1) is 0 Å². The summed E-state index contributed by atoms with van der Waals surface area (Å²) in [6.45, 7) is 7.85. The Labute approximate surface area is 127 Å². The van der Waals surface area contributed by atoms with E-state index in [1.807, 2.05) is 23.9 Å². The average Bonchev–Trinajstić information content (AvgIpc) is 2.39. The lowest BCUT2D eigenvalue weighted by molar-refractivity contribution is 0.266. The fourth-order valence-electron chi connectivity index (χ4n) is 1.97. The zero-order valence-corrected chi connectivity index (χ0v) is 14.1. The monoisotopic (exact) mass is 298 g/mol. The molecular weight excluding hydrogens is 271 g/mol. The Balaban J connectivity index is 2.70. The van der Waals surface area contributed by atoms with Crippen molar-refractivity contribution in [3.63, 3.8) is 0 Å². The van der Waals surface area contributed by atoms with Gasteiger partial charge in [0.2, 0.25) is 0 Å². The molecule has 0 aliphatic heterocycles. The van der Waals surface area contributed by atoms with Gasteiger partial charge in [0.1, 0.15) is 5.82 Å². The van der Waals surface area contributed by atoms with E-state index in [0.29, 0.717) is 18.6 Å². The van der Waals surface area contributed by atoms with Crippen molar-refractivity contribution in [1.29, 1.82) is 0 Å². The lowest BCUT2D eigenvalue weighted by atomic mass is 10.1. The van der Waals surface area contributed by atoms with Gasteiger partial charge in [0.15, 0.2) is 0 Å². The minimum atomic E-state index is -0.110. The summed E-state index contributed by atoms with van der Waals surface area (Å²) < 4.78 is 13.9. The Morgan fingerprint density at radius 1 is 1.30 bits per heavy atom. The Morgan fingerprint density at radius 3 is 2.60 bits per heavy atom. The van der Waals surface area contributed by atoms with E-state index < -0.39 is 0 Å². The van der Waals surface area contributed by atoms with E-state index in [0.717, 1.165) is 23.4 Å². The highest BCUT2D eigenvalue weighted by Gasteiger charge is 2.12. The molecule has 0 amide bonds. The predicted molar refractivity (Wildman–Crippen MR) is 87.7 cm³/mol. The number of halogens is 1. The molecule has 20 heavy (non-hydrogen) atoms. The summed E-state index contributed by atoms with van der Waals surface area (Å²) in [5, 5.41) is 3.37. The van der Waals surface area contributed by atoms with Gasteiger partial charge in [-0.05, 0) is 31.9 Å². The molecule has 0 aliphatic rings. The molecule has 0 saturated heterocycles. The van der Waals surface area contributed by atoms with Gasteiger partial charge in [-0.15, -0.1) is 0 Å². The van der Waals surface area contributed by atoms with Crippen LogP contribution in [0.1, 0.15) is 31.9 Å². The number of hydrogen-bond acceptors (Lipinski definition) is 3. The van der Waals surface area contributed by atoms with Crippen LogP contribution in [0.4, 0.5) is 4.39 Å². The number of benzene rings is 1. The Bertz CT molecular complexity index is 409. The first-order valence-electron chi connectivity index (χ1n) is 7.14. The summed E-state index contributed by atoms with van der Waals surface area (Å²) in [5.41, 5.74) is 1.92. The van der Waals surface area contributed by atoms with Crippen LogP contribution in [0.25, 0.3) is 0 Å². The largest absolute Gasteiger partial charge is 0.310 e. The van der Waals surface area contributed by atoms with Gasteiger partial charge >= 0.3 is 0 Å². The maximum Gasteiger partial charge on any atom is 0.127 e. The number of hydrogen-bond donors (Lipinski definition) is 1. The molecular formula is C16H27FN2S. The molecule has 1 aromatic carbocycles. The van der Waals surface area contributed by atoms with Crippen molar-refractivity contribution in [2.75, 3.05) is 19.1 Å². The molecule has 114 valence electrons. The second kappa shape index (κ2) is 8.65. The zero-order chi connectivity index (χ0) is 15.1. The van der Waals surface area contributed by atoms with E-state index in [4.69, 9.17) is 0 Å². The molecule has 0 fully saturated rings. The van der Waals surface area contributed by atoms with Gasteiger partial charge in [-0.25, -0.2) is 4.39 Å². The van der Waals surface area contributed by atoms with Crippen molar-refractivity contribution in [2.24, 2.45) is 0 Å². The summed E-state index contributed by atoms with van der Waals surface area (Å²) in [6.07, 6.45) is 2.10. The molecule has 1 aromatic rings. The Kier molecular flexibility index (Phi) is 7.56. The molecule has 4 heteroatoms. The van der Waals surface area contributed by atoms with Crippen LogP contribution in [-0.4, -0.2) is 36.0 Å². The molecule has 0 aliphatic carbocycles. The minimum absolute atomic E-state index is 0.110. The van der Waals surface area contributed by atoms with E-state index in [2.05, 4.69) is 44.3 Å². The topological polar surface area (TPSA) is 15.3 Å². The molecule has 1 N–H and O–H groups in total. The first-order chi connectivity index (χ1) is 9.43. The van der Waals surface area contributed by atoms with Crippen molar-refractivity contribution in [3.05, 3.63) is 35.1 Å². The van der Waals surface area contributed by atoms with Gasteiger partial charge < -0.3 is 5.32 Å². The van der Waals surface area contributed by atoms with Crippen LogP contribution in [0.3, 0.4) is 0 Å². The number of nitrogens with zero attached hydrogens (tertiary/aromatic N) is 1. The Morgan fingerprint density at radius 2 is 2.00 bits per heavy atom. The SMILES string of the molecule is CSCC(C)N(C)Cc1cc(CNC(C)C)ccc1F. The molecule has 0 spiro atoms. The van der Waals surface area contributed by atoms with Crippen LogP contribution in [0.5, 0.6) is 0 Å². The molecule has 0 saturated carbocycles. The van der Waals surface area contributed by atoms with E-state index in [1.165, 1.54) is 0 Å². The van der Waals surface area contributed by atoms with Crippen LogP contribution in [0, 0.1) is 5.82 Å². The fourth-order valence-corrected chi connectivity index (χ4v) is 2.71. The van der Waals surface area contributed by atoms with E-state index in [9.17, 15) is 4.39 Å². The van der Waals surface area contributed by atoms with Gasteiger partial charge in [-0.3, -0.25) is 4.90 Å². The molecule has 2 nitrogen and oxygen atoms in total. The summed E-state index contributed by atoms with van der Waals surface area (Å²) in [7, 11) is 2.05. The third-order valence-electron chi connectivity index (χ3n) is 3.40. The van der Waals surface area contributed by atoms with Crippen LogP contribution < -0.4 is 5.32 Å². The van der Waals surface area contributed by atoms with Crippen LogP contribution in [0.15, 0.2) is 18.2 Å². The summed E-state index contributed by atoms with van der Waals surface area (Å²) in [6, 6.07) is 6.31. The lowest BCUT2D eigenvalue weighted by Crippen LogP contribution is -2.31. The minimum Gasteiger partial charge on any atom is -0.310 e. The van der Waals surface area contributed by atoms with E-state index in [-0.39, 0.29) is 5.82 Å². The van der Waals surface area contributed by atoms with E-state index >= 15 is 0 Å². The Hall–Kier alpha value is -0.580. The van der Waals surface area contributed by atoms with Crippen molar-refractivity contribution in [2.45, 2.75) is 45.9 Å². The molecule has 0 radical (unpaired) electrons. The maximum atomic E-state index is 13.9. The quantitative estimate of drug-likeness (QED) is 0.790. The van der Waals surface area contributed by atoms with Gasteiger partial charge in [-0.1, -0.05) is 26.0 Å². The number of thioether (sulfide) groups is 1.